The third kappa shape index (κ3) is 5.38. The molecular formula is C29H32ClN3. The number of pyridine rings is 1. The second-order valence-electron chi connectivity index (χ2n) is 9.35. The molecule has 1 saturated heterocycles. The first-order valence-electron chi connectivity index (χ1n) is 12.1. The minimum atomic E-state index is 0.238. The van der Waals surface area contributed by atoms with Gasteiger partial charge in [0.25, 0.3) is 0 Å². The molecule has 1 aromatic heterocycles. The molecule has 1 aliphatic carbocycles. The molecule has 0 radical (unpaired) electrons. The molecular weight excluding hydrogens is 426 g/mol. The number of nitrogens with zero attached hydrogens (tertiary/aromatic N) is 2. The topological polar surface area (TPSA) is 28.2 Å². The highest BCUT2D eigenvalue weighted by Gasteiger charge is 2.23. The standard InChI is InChI=1S/C29H32ClN3/c1-21(31-25-14-16-33(17-15-25)20-22-8-4-2-5-9-22)27-19-28(23-10-6-3-7-11-23)32-29-18-24(30)12-13-26(27)29/h2-4,6-8,10-13,18-19,21,25,31H,5,9,14-17,20H2,1H3. The SMILES string of the molecule is CC(NC1CCN(CC2=CC=CCC2)CC1)c1cc(-c2ccccc2)nc2cc(Cl)ccc12. The van der Waals surface area contributed by atoms with Gasteiger partial charge in [-0.2, -0.15) is 0 Å². The Morgan fingerprint density at radius 1 is 1.09 bits per heavy atom. The quantitative estimate of drug-likeness (QED) is 0.434. The summed E-state index contributed by atoms with van der Waals surface area (Å²) in [5.74, 6) is 0. The van der Waals surface area contributed by atoms with Crippen molar-refractivity contribution in [1.82, 2.24) is 15.2 Å². The highest BCUT2D eigenvalue weighted by Crippen LogP contribution is 2.31. The van der Waals surface area contributed by atoms with Crippen LogP contribution in [0.4, 0.5) is 0 Å². The highest BCUT2D eigenvalue weighted by atomic mass is 35.5. The number of piperidine rings is 1. The highest BCUT2D eigenvalue weighted by molar-refractivity contribution is 6.31. The van der Waals surface area contributed by atoms with Crippen LogP contribution in [-0.4, -0.2) is 35.6 Å². The van der Waals surface area contributed by atoms with Gasteiger partial charge in [-0.05, 0) is 69.5 Å². The lowest BCUT2D eigenvalue weighted by atomic mass is 9.97. The minimum absolute atomic E-state index is 0.238. The van der Waals surface area contributed by atoms with Gasteiger partial charge in [-0.1, -0.05) is 71.8 Å². The van der Waals surface area contributed by atoms with Crippen LogP contribution in [0.25, 0.3) is 22.2 Å². The predicted octanol–water partition coefficient (Wildman–Crippen LogP) is 6.95. The Balaban J connectivity index is 1.31. The lowest BCUT2D eigenvalue weighted by Crippen LogP contribution is -2.43. The fourth-order valence-electron chi connectivity index (χ4n) is 5.12. The third-order valence-electron chi connectivity index (χ3n) is 6.94. The predicted molar refractivity (Wildman–Crippen MR) is 140 cm³/mol. The first kappa shape index (κ1) is 22.3. The summed E-state index contributed by atoms with van der Waals surface area (Å²) < 4.78 is 0. The summed E-state index contributed by atoms with van der Waals surface area (Å²) in [6.45, 7) is 5.73. The molecule has 3 nitrogen and oxygen atoms in total. The molecule has 5 rings (SSSR count). The van der Waals surface area contributed by atoms with Crippen LogP contribution in [0, 0.1) is 0 Å². The molecule has 1 atom stereocenters. The molecule has 3 aromatic rings. The Kier molecular flexibility index (Phi) is 6.91. The fourth-order valence-corrected chi connectivity index (χ4v) is 5.28. The molecule has 0 spiro atoms. The minimum Gasteiger partial charge on any atom is -0.307 e. The van der Waals surface area contributed by atoms with Crippen molar-refractivity contribution in [1.29, 1.82) is 0 Å². The summed E-state index contributed by atoms with van der Waals surface area (Å²) in [7, 11) is 0. The van der Waals surface area contributed by atoms with E-state index in [0.717, 1.165) is 41.4 Å². The van der Waals surface area contributed by atoms with E-state index in [0.29, 0.717) is 6.04 Å². The summed E-state index contributed by atoms with van der Waals surface area (Å²) in [6, 6.07) is 19.5. The molecule has 4 heteroatoms. The lowest BCUT2D eigenvalue weighted by Gasteiger charge is -2.35. The van der Waals surface area contributed by atoms with E-state index in [4.69, 9.17) is 16.6 Å². The number of hydrogen-bond acceptors (Lipinski definition) is 3. The first-order valence-corrected chi connectivity index (χ1v) is 12.5. The molecule has 1 N–H and O–H groups in total. The van der Waals surface area contributed by atoms with Gasteiger partial charge < -0.3 is 5.32 Å². The van der Waals surface area contributed by atoms with Crippen LogP contribution in [0.1, 0.15) is 44.2 Å². The van der Waals surface area contributed by atoms with Gasteiger partial charge >= 0.3 is 0 Å². The van der Waals surface area contributed by atoms with Gasteiger partial charge in [0.05, 0.1) is 11.2 Å². The Bertz CT molecular complexity index is 1160. The van der Waals surface area contributed by atoms with Crippen LogP contribution in [0.3, 0.4) is 0 Å². The lowest BCUT2D eigenvalue weighted by molar-refractivity contribution is 0.204. The number of aromatic nitrogens is 1. The molecule has 1 unspecified atom stereocenters. The second kappa shape index (κ2) is 10.2. The van der Waals surface area contributed by atoms with Crippen molar-refractivity contribution in [3.8, 4) is 11.3 Å². The van der Waals surface area contributed by atoms with Gasteiger partial charge in [-0.15, -0.1) is 0 Å². The van der Waals surface area contributed by atoms with Gasteiger partial charge in [-0.25, -0.2) is 4.98 Å². The van der Waals surface area contributed by atoms with Crippen molar-refractivity contribution in [2.75, 3.05) is 19.6 Å². The van der Waals surface area contributed by atoms with Crippen LogP contribution >= 0.6 is 11.6 Å². The summed E-state index contributed by atoms with van der Waals surface area (Å²) in [4.78, 5) is 7.55. The molecule has 2 aromatic carbocycles. The van der Waals surface area contributed by atoms with Gasteiger partial charge in [0.1, 0.15) is 0 Å². The van der Waals surface area contributed by atoms with E-state index >= 15 is 0 Å². The van der Waals surface area contributed by atoms with Crippen molar-refractivity contribution in [2.45, 2.75) is 44.7 Å². The van der Waals surface area contributed by atoms with Crippen LogP contribution in [-0.2, 0) is 0 Å². The van der Waals surface area contributed by atoms with Crippen LogP contribution in [0.15, 0.2) is 78.4 Å². The Hall–Kier alpha value is -2.46. The van der Waals surface area contributed by atoms with Crippen molar-refractivity contribution >= 4 is 22.5 Å². The fraction of sp³-hybridized carbons (Fsp3) is 0.345. The number of allylic oxidation sites excluding steroid dienone is 3. The monoisotopic (exact) mass is 457 g/mol. The molecule has 33 heavy (non-hydrogen) atoms. The molecule has 170 valence electrons. The smallest absolute Gasteiger partial charge is 0.0727 e. The van der Waals surface area contributed by atoms with Crippen molar-refractivity contribution in [3.05, 3.63) is 89.0 Å². The Labute approximate surface area is 202 Å². The molecule has 0 bridgehead atoms. The number of rotatable bonds is 6. The molecule has 0 amide bonds. The van der Waals surface area contributed by atoms with E-state index in [2.05, 4.69) is 71.8 Å². The number of benzene rings is 2. The average Bonchev–Trinajstić information content (AvgIpc) is 2.85. The van der Waals surface area contributed by atoms with E-state index in [1.165, 1.54) is 36.6 Å². The van der Waals surface area contributed by atoms with Gasteiger partial charge in [0.2, 0.25) is 0 Å². The normalized spacial score (nSPS) is 18.4. The molecule has 1 aliphatic heterocycles. The molecule has 2 heterocycles. The molecule has 1 fully saturated rings. The maximum atomic E-state index is 6.32. The summed E-state index contributed by atoms with van der Waals surface area (Å²) in [6.07, 6.45) is 11.6. The van der Waals surface area contributed by atoms with E-state index in [9.17, 15) is 0 Å². The maximum absolute atomic E-state index is 6.32. The van der Waals surface area contributed by atoms with Crippen molar-refractivity contribution in [3.63, 3.8) is 0 Å². The zero-order chi connectivity index (χ0) is 22.6. The van der Waals surface area contributed by atoms with E-state index in [1.807, 2.05) is 18.2 Å². The average molecular weight is 458 g/mol. The molecule has 2 aliphatic rings. The Morgan fingerprint density at radius 3 is 2.67 bits per heavy atom. The van der Waals surface area contributed by atoms with E-state index < -0.39 is 0 Å². The largest absolute Gasteiger partial charge is 0.307 e. The maximum Gasteiger partial charge on any atom is 0.0727 e. The van der Waals surface area contributed by atoms with Crippen LogP contribution in [0.2, 0.25) is 5.02 Å². The van der Waals surface area contributed by atoms with Gasteiger partial charge in [0.15, 0.2) is 0 Å². The number of hydrogen-bond donors (Lipinski definition) is 1. The number of fused-ring (bicyclic) bond motifs is 1. The van der Waals surface area contributed by atoms with Crippen LogP contribution in [0.5, 0.6) is 0 Å². The van der Waals surface area contributed by atoms with Crippen molar-refractivity contribution < 1.29 is 0 Å². The van der Waals surface area contributed by atoms with E-state index in [1.54, 1.807) is 5.57 Å². The van der Waals surface area contributed by atoms with Gasteiger partial charge in [-0.3, -0.25) is 4.90 Å². The van der Waals surface area contributed by atoms with Gasteiger partial charge in [0, 0.05) is 34.6 Å². The van der Waals surface area contributed by atoms with Crippen LogP contribution < -0.4 is 5.32 Å². The second-order valence-corrected chi connectivity index (χ2v) is 9.79. The number of halogens is 1. The zero-order valence-corrected chi connectivity index (χ0v) is 20.1. The number of likely N-dealkylation sites (tertiary alicyclic amines) is 1. The van der Waals surface area contributed by atoms with Crippen molar-refractivity contribution in [2.24, 2.45) is 0 Å². The first-order chi connectivity index (χ1) is 16.2. The Morgan fingerprint density at radius 2 is 1.91 bits per heavy atom. The zero-order valence-electron chi connectivity index (χ0n) is 19.3. The van der Waals surface area contributed by atoms with E-state index in [-0.39, 0.29) is 6.04 Å². The third-order valence-corrected chi connectivity index (χ3v) is 7.18. The molecule has 0 saturated carbocycles. The number of nitrogens with one attached hydrogen (secondary N) is 1. The summed E-state index contributed by atoms with van der Waals surface area (Å²) >= 11 is 6.32. The summed E-state index contributed by atoms with van der Waals surface area (Å²) in [5.41, 5.74) is 5.95. The summed E-state index contributed by atoms with van der Waals surface area (Å²) in [5, 5.41) is 5.83.